The first-order chi connectivity index (χ1) is 14.0. The lowest BCUT2D eigenvalue weighted by atomic mass is 9.85. The minimum Gasteiger partial charge on any atom is -0.486 e. The predicted molar refractivity (Wildman–Crippen MR) is 106 cm³/mol. The molecule has 8 nitrogen and oxygen atoms in total. The average molecular weight is 413 g/mol. The van der Waals surface area contributed by atoms with Crippen molar-refractivity contribution in [2.45, 2.75) is 25.8 Å². The quantitative estimate of drug-likeness (QED) is 0.613. The number of amides is 3. The molecule has 3 heterocycles. The Morgan fingerprint density at radius 2 is 1.76 bits per heavy atom. The van der Waals surface area contributed by atoms with E-state index >= 15 is 0 Å². The van der Waals surface area contributed by atoms with Crippen molar-refractivity contribution >= 4 is 44.4 Å². The number of allylic oxidation sites excluding steroid dienone is 2. The Morgan fingerprint density at radius 3 is 2.41 bits per heavy atom. The van der Waals surface area contributed by atoms with Gasteiger partial charge < -0.3 is 14.8 Å². The average Bonchev–Trinajstić information content (AvgIpc) is 3.23. The Balaban J connectivity index is 1.35. The van der Waals surface area contributed by atoms with Gasteiger partial charge in [-0.05, 0) is 19.8 Å². The molecule has 9 heteroatoms. The minimum atomic E-state index is -0.896. The monoisotopic (exact) mass is 413 g/mol. The number of hydrogen-bond donors (Lipinski definition) is 1. The maximum absolute atomic E-state index is 12.8. The van der Waals surface area contributed by atoms with Gasteiger partial charge in [0.1, 0.15) is 19.3 Å². The van der Waals surface area contributed by atoms with Crippen LogP contribution in [0.3, 0.4) is 0 Å². The second-order valence-corrected chi connectivity index (χ2v) is 8.38. The zero-order chi connectivity index (χ0) is 20.1. The fraction of sp³-hybridized carbons (Fsp3) is 0.400. The number of aromatic nitrogens is 1. The molecule has 1 N–H and O–H groups in total. The first-order valence-corrected chi connectivity index (χ1v) is 10.4. The Morgan fingerprint density at radius 1 is 1.14 bits per heavy atom. The second-order valence-electron chi connectivity index (χ2n) is 7.35. The zero-order valence-corrected chi connectivity index (χ0v) is 16.5. The van der Waals surface area contributed by atoms with E-state index in [1.807, 2.05) is 18.2 Å². The number of imide groups is 1. The Bertz CT molecular complexity index is 993. The van der Waals surface area contributed by atoms with Crippen LogP contribution >= 0.6 is 11.3 Å². The van der Waals surface area contributed by atoms with Crippen LogP contribution in [0.5, 0.6) is 11.5 Å². The Hall–Kier alpha value is -2.94. The summed E-state index contributed by atoms with van der Waals surface area (Å²) < 4.78 is 12.0. The third-order valence-corrected chi connectivity index (χ3v) is 6.52. The summed E-state index contributed by atoms with van der Waals surface area (Å²) in [7, 11) is 0. The molecule has 150 valence electrons. The van der Waals surface area contributed by atoms with E-state index in [0.29, 0.717) is 48.2 Å². The molecule has 29 heavy (non-hydrogen) atoms. The largest absolute Gasteiger partial charge is 0.486 e. The Kier molecular flexibility index (Phi) is 4.27. The molecule has 1 saturated heterocycles. The SMILES string of the molecule is C[C@H](C(=O)Nc1nc2cc3c(cc2s1)OCCO3)N1C(=O)[C@H]2CC=CC[C@@H]2C1=O. The molecule has 0 bridgehead atoms. The highest BCUT2D eigenvalue weighted by atomic mass is 32.1. The van der Waals surface area contributed by atoms with E-state index in [9.17, 15) is 14.4 Å². The fourth-order valence-electron chi connectivity index (χ4n) is 4.05. The van der Waals surface area contributed by atoms with Crippen LogP contribution in [0.25, 0.3) is 10.2 Å². The summed E-state index contributed by atoms with van der Waals surface area (Å²) in [6.07, 6.45) is 4.95. The number of nitrogens with one attached hydrogen (secondary N) is 1. The highest BCUT2D eigenvalue weighted by molar-refractivity contribution is 7.22. The van der Waals surface area contributed by atoms with Crippen molar-refractivity contribution in [2.24, 2.45) is 11.8 Å². The molecule has 1 aliphatic carbocycles. The molecular weight excluding hydrogens is 394 g/mol. The first-order valence-electron chi connectivity index (χ1n) is 9.56. The summed E-state index contributed by atoms with van der Waals surface area (Å²) in [5.41, 5.74) is 0.688. The number of anilines is 1. The molecule has 3 atom stereocenters. The number of thiazole rings is 1. The fourth-order valence-corrected chi connectivity index (χ4v) is 4.93. The number of fused-ring (bicyclic) bond motifs is 3. The van der Waals surface area contributed by atoms with Gasteiger partial charge in [0.15, 0.2) is 16.6 Å². The van der Waals surface area contributed by atoms with Gasteiger partial charge in [0, 0.05) is 12.1 Å². The number of nitrogens with zero attached hydrogens (tertiary/aromatic N) is 2. The van der Waals surface area contributed by atoms with Gasteiger partial charge in [-0.1, -0.05) is 23.5 Å². The van der Waals surface area contributed by atoms with Crippen molar-refractivity contribution in [1.82, 2.24) is 9.88 Å². The lowest BCUT2D eigenvalue weighted by molar-refractivity contribution is -0.146. The molecule has 2 aromatic rings. The van der Waals surface area contributed by atoms with Gasteiger partial charge in [-0.15, -0.1) is 0 Å². The summed E-state index contributed by atoms with van der Waals surface area (Å²) >= 11 is 1.30. The van der Waals surface area contributed by atoms with Crippen LogP contribution < -0.4 is 14.8 Å². The number of hydrogen-bond acceptors (Lipinski definition) is 7. The van der Waals surface area contributed by atoms with E-state index < -0.39 is 11.9 Å². The van der Waals surface area contributed by atoms with Gasteiger partial charge in [-0.25, -0.2) is 4.98 Å². The van der Waals surface area contributed by atoms with Gasteiger partial charge in [0.2, 0.25) is 17.7 Å². The van der Waals surface area contributed by atoms with Crippen molar-refractivity contribution in [3.63, 3.8) is 0 Å². The van der Waals surface area contributed by atoms with Crippen molar-refractivity contribution in [3.8, 4) is 11.5 Å². The summed E-state index contributed by atoms with van der Waals surface area (Å²) in [5.74, 6) is -0.382. The molecule has 3 aliphatic rings. The number of ether oxygens (including phenoxy) is 2. The topological polar surface area (TPSA) is 97.8 Å². The van der Waals surface area contributed by atoms with Gasteiger partial charge in [-0.3, -0.25) is 19.3 Å². The van der Waals surface area contributed by atoms with Gasteiger partial charge in [0.05, 0.1) is 22.1 Å². The molecule has 1 fully saturated rings. The molecule has 1 aromatic heterocycles. The van der Waals surface area contributed by atoms with Crippen molar-refractivity contribution in [3.05, 3.63) is 24.3 Å². The van der Waals surface area contributed by atoms with Crippen LogP contribution in [-0.2, 0) is 14.4 Å². The van der Waals surface area contributed by atoms with Crippen molar-refractivity contribution < 1.29 is 23.9 Å². The van der Waals surface area contributed by atoms with Crippen LogP contribution in [0.1, 0.15) is 19.8 Å². The highest BCUT2D eigenvalue weighted by Gasteiger charge is 2.50. The van der Waals surface area contributed by atoms with E-state index in [1.54, 1.807) is 13.0 Å². The molecule has 1 aromatic carbocycles. The van der Waals surface area contributed by atoms with E-state index in [0.717, 1.165) is 9.60 Å². The summed E-state index contributed by atoms with van der Waals surface area (Å²) in [6, 6.07) is 2.73. The molecule has 0 spiro atoms. The summed E-state index contributed by atoms with van der Waals surface area (Å²) in [4.78, 5) is 43.7. The maximum atomic E-state index is 12.8. The standard InChI is InChI=1S/C20H19N3O5S/c1-10(23-18(25)11-4-2-3-5-12(11)19(23)26)17(24)22-20-21-13-8-14-15(9-16(13)29-20)28-7-6-27-14/h2-3,8-12H,4-7H2,1H3,(H,21,22,24)/t10-,11+,12+/m1/s1. The third-order valence-electron chi connectivity index (χ3n) is 5.59. The molecule has 0 saturated carbocycles. The summed E-state index contributed by atoms with van der Waals surface area (Å²) in [5, 5.41) is 3.15. The molecule has 0 unspecified atom stereocenters. The molecule has 5 rings (SSSR count). The predicted octanol–water partition coefficient (Wildman–Crippen LogP) is 2.35. The van der Waals surface area contributed by atoms with Crippen LogP contribution in [0, 0.1) is 11.8 Å². The lowest BCUT2D eigenvalue weighted by Gasteiger charge is -2.21. The van der Waals surface area contributed by atoms with E-state index in [1.165, 1.54) is 11.3 Å². The zero-order valence-electron chi connectivity index (χ0n) is 15.7. The molecule has 0 radical (unpaired) electrons. The van der Waals surface area contributed by atoms with Crippen LogP contribution in [0.15, 0.2) is 24.3 Å². The van der Waals surface area contributed by atoms with Gasteiger partial charge >= 0.3 is 0 Å². The van der Waals surface area contributed by atoms with Crippen molar-refractivity contribution in [2.75, 3.05) is 18.5 Å². The Labute approximate surface area is 170 Å². The van der Waals surface area contributed by atoms with E-state index in [4.69, 9.17) is 9.47 Å². The third kappa shape index (κ3) is 2.96. The number of carbonyl (C=O) groups excluding carboxylic acids is 3. The molecule has 2 aliphatic heterocycles. The lowest BCUT2D eigenvalue weighted by Crippen LogP contribution is -2.46. The van der Waals surface area contributed by atoms with Crippen LogP contribution in [0.4, 0.5) is 5.13 Å². The van der Waals surface area contributed by atoms with Gasteiger partial charge in [0.25, 0.3) is 0 Å². The maximum Gasteiger partial charge on any atom is 0.249 e. The number of benzene rings is 1. The normalized spacial score (nSPS) is 24.0. The first kappa shape index (κ1) is 18.1. The van der Waals surface area contributed by atoms with Crippen molar-refractivity contribution in [1.29, 1.82) is 0 Å². The van der Waals surface area contributed by atoms with E-state index in [-0.39, 0.29) is 23.7 Å². The second kappa shape index (κ2) is 6.84. The molecular formula is C20H19N3O5S. The van der Waals surface area contributed by atoms with Crippen LogP contribution in [0.2, 0.25) is 0 Å². The molecule has 3 amide bonds. The van der Waals surface area contributed by atoms with E-state index in [2.05, 4.69) is 10.3 Å². The number of carbonyl (C=O) groups is 3. The van der Waals surface area contributed by atoms with Gasteiger partial charge in [-0.2, -0.15) is 0 Å². The smallest absolute Gasteiger partial charge is 0.249 e. The summed E-state index contributed by atoms with van der Waals surface area (Å²) in [6.45, 7) is 2.55. The highest BCUT2D eigenvalue weighted by Crippen LogP contribution is 2.39. The number of likely N-dealkylation sites (tertiary alicyclic amines) is 1. The van der Waals surface area contributed by atoms with Crippen LogP contribution in [-0.4, -0.2) is 46.9 Å². The number of rotatable bonds is 3. The minimum absolute atomic E-state index is 0.265.